The van der Waals surface area contributed by atoms with Gasteiger partial charge < -0.3 is 13.9 Å². The average molecular weight is 422 g/mol. The third kappa shape index (κ3) is 4.04. The molecule has 0 aliphatic rings. The molecule has 2 aromatic carbocycles. The van der Waals surface area contributed by atoms with Gasteiger partial charge in [-0.25, -0.2) is 4.98 Å². The highest BCUT2D eigenvalue weighted by atomic mass is 32.1. The summed E-state index contributed by atoms with van der Waals surface area (Å²) in [6.07, 6.45) is 1.59. The minimum atomic E-state index is -0.422. The highest BCUT2D eigenvalue weighted by Gasteiger charge is 2.19. The second kappa shape index (κ2) is 8.38. The molecule has 0 fully saturated rings. The summed E-state index contributed by atoms with van der Waals surface area (Å²) < 4.78 is 16.9. The molecule has 4 rings (SSSR count). The molecule has 1 N–H and O–H groups in total. The summed E-state index contributed by atoms with van der Waals surface area (Å²) >= 11 is 1.29. The molecule has 0 bridgehead atoms. The Morgan fingerprint density at radius 1 is 1.20 bits per heavy atom. The molecule has 0 spiro atoms. The van der Waals surface area contributed by atoms with Crippen molar-refractivity contribution in [2.24, 2.45) is 0 Å². The first-order chi connectivity index (χ1) is 14.5. The van der Waals surface area contributed by atoms with Crippen molar-refractivity contribution >= 4 is 33.3 Å². The van der Waals surface area contributed by atoms with E-state index in [1.807, 2.05) is 13.0 Å². The summed E-state index contributed by atoms with van der Waals surface area (Å²) in [6.45, 7) is 1.56. The van der Waals surface area contributed by atoms with E-state index in [9.17, 15) is 9.59 Å². The SMILES string of the molecule is COc1ccc(-c2oc3cc(C)ccc3c(=O)c2OCC(=O)Nc2nccs2)cc1. The molecule has 0 unspecified atom stereocenters. The quantitative estimate of drug-likeness (QED) is 0.500. The lowest BCUT2D eigenvalue weighted by Crippen LogP contribution is -2.22. The number of anilines is 1. The van der Waals surface area contributed by atoms with Crippen LogP contribution in [0.4, 0.5) is 5.13 Å². The van der Waals surface area contributed by atoms with E-state index in [4.69, 9.17) is 13.9 Å². The lowest BCUT2D eigenvalue weighted by atomic mass is 10.1. The topological polar surface area (TPSA) is 90.7 Å². The Hall–Kier alpha value is -3.65. The number of ether oxygens (including phenoxy) is 2. The fourth-order valence-corrected chi connectivity index (χ4v) is 3.47. The van der Waals surface area contributed by atoms with E-state index in [0.717, 1.165) is 5.56 Å². The number of fused-ring (bicyclic) bond motifs is 1. The molecule has 0 aliphatic carbocycles. The molecule has 0 saturated carbocycles. The summed E-state index contributed by atoms with van der Waals surface area (Å²) in [5.41, 5.74) is 1.70. The van der Waals surface area contributed by atoms with E-state index >= 15 is 0 Å². The van der Waals surface area contributed by atoms with Crippen LogP contribution in [0.3, 0.4) is 0 Å². The zero-order valence-corrected chi connectivity index (χ0v) is 17.1. The van der Waals surface area contributed by atoms with Crippen molar-refractivity contribution in [2.75, 3.05) is 19.0 Å². The van der Waals surface area contributed by atoms with Gasteiger partial charge in [0.25, 0.3) is 5.91 Å². The van der Waals surface area contributed by atoms with Crippen LogP contribution >= 0.6 is 11.3 Å². The van der Waals surface area contributed by atoms with Gasteiger partial charge in [-0.05, 0) is 48.9 Å². The van der Waals surface area contributed by atoms with E-state index in [0.29, 0.717) is 27.4 Å². The van der Waals surface area contributed by atoms with Crippen LogP contribution in [0.15, 0.2) is 63.3 Å². The fraction of sp³-hybridized carbons (Fsp3) is 0.136. The highest BCUT2D eigenvalue weighted by Crippen LogP contribution is 2.32. The van der Waals surface area contributed by atoms with Crippen LogP contribution in [0.1, 0.15) is 5.56 Å². The van der Waals surface area contributed by atoms with Crippen molar-refractivity contribution in [2.45, 2.75) is 6.92 Å². The normalized spacial score (nSPS) is 10.7. The van der Waals surface area contributed by atoms with Crippen LogP contribution < -0.4 is 20.2 Å². The number of thiazole rings is 1. The van der Waals surface area contributed by atoms with Gasteiger partial charge in [0, 0.05) is 17.1 Å². The van der Waals surface area contributed by atoms with E-state index in [-0.39, 0.29) is 23.5 Å². The van der Waals surface area contributed by atoms with Gasteiger partial charge >= 0.3 is 0 Å². The van der Waals surface area contributed by atoms with E-state index in [1.54, 1.807) is 55.1 Å². The van der Waals surface area contributed by atoms with Crippen LogP contribution in [0.25, 0.3) is 22.3 Å². The van der Waals surface area contributed by atoms with Crippen molar-refractivity contribution in [3.05, 3.63) is 69.8 Å². The first-order valence-corrected chi connectivity index (χ1v) is 9.97. The van der Waals surface area contributed by atoms with Gasteiger partial charge in [0.1, 0.15) is 11.3 Å². The Bertz CT molecular complexity index is 1250. The van der Waals surface area contributed by atoms with Gasteiger partial charge in [-0.1, -0.05) is 6.07 Å². The van der Waals surface area contributed by atoms with Gasteiger partial charge in [-0.3, -0.25) is 14.9 Å². The number of carbonyl (C=O) groups is 1. The summed E-state index contributed by atoms with van der Waals surface area (Å²) in [4.78, 5) is 29.3. The minimum Gasteiger partial charge on any atom is -0.497 e. The second-order valence-corrected chi connectivity index (χ2v) is 7.39. The second-order valence-electron chi connectivity index (χ2n) is 6.49. The molecular formula is C22H18N2O5S. The zero-order valence-electron chi connectivity index (χ0n) is 16.3. The molecular weight excluding hydrogens is 404 g/mol. The molecule has 7 nitrogen and oxygen atoms in total. The maximum Gasteiger partial charge on any atom is 0.264 e. The van der Waals surface area contributed by atoms with Crippen LogP contribution in [0, 0.1) is 6.92 Å². The number of carbonyl (C=O) groups excluding carboxylic acids is 1. The number of rotatable bonds is 6. The predicted molar refractivity (Wildman–Crippen MR) is 115 cm³/mol. The third-order valence-electron chi connectivity index (χ3n) is 4.38. The van der Waals surface area contributed by atoms with E-state index < -0.39 is 5.91 Å². The Labute approximate surface area is 175 Å². The molecule has 2 aromatic heterocycles. The molecule has 1 amide bonds. The standard InChI is InChI=1S/C22H18N2O5S/c1-13-3-8-16-17(11-13)29-20(14-4-6-15(27-2)7-5-14)21(19(16)26)28-12-18(25)24-22-23-9-10-30-22/h3-11H,12H2,1-2H3,(H,23,24,25). The largest absolute Gasteiger partial charge is 0.497 e. The van der Waals surface area contributed by atoms with Gasteiger partial charge in [0.2, 0.25) is 11.2 Å². The number of hydrogen-bond acceptors (Lipinski definition) is 7. The number of hydrogen-bond donors (Lipinski definition) is 1. The van der Waals surface area contributed by atoms with E-state index in [1.165, 1.54) is 11.3 Å². The molecule has 30 heavy (non-hydrogen) atoms. The summed E-state index contributed by atoms with van der Waals surface area (Å²) in [7, 11) is 1.57. The summed E-state index contributed by atoms with van der Waals surface area (Å²) in [6, 6.07) is 12.4. The number of aromatic nitrogens is 1. The smallest absolute Gasteiger partial charge is 0.264 e. The maximum atomic E-state index is 13.1. The van der Waals surface area contributed by atoms with Crippen molar-refractivity contribution in [3.63, 3.8) is 0 Å². The number of nitrogens with one attached hydrogen (secondary N) is 1. The van der Waals surface area contributed by atoms with Crippen molar-refractivity contribution in [1.82, 2.24) is 4.98 Å². The first kappa shape index (κ1) is 19.7. The predicted octanol–water partition coefficient (Wildman–Crippen LogP) is 4.25. The maximum absolute atomic E-state index is 13.1. The van der Waals surface area contributed by atoms with Crippen molar-refractivity contribution < 1.29 is 18.7 Å². The number of nitrogens with zero attached hydrogens (tertiary/aromatic N) is 1. The number of amides is 1. The van der Waals surface area contributed by atoms with Crippen molar-refractivity contribution in [1.29, 1.82) is 0 Å². The molecule has 8 heteroatoms. The first-order valence-electron chi connectivity index (χ1n) is 9.09. The molecule has 0 saturated heterocycles. The molecule has 2 heterocycles. The van der Waals surface area contributed by atoms with Crippen LogP contribution in [0.5, 0.6) is 11.5 Å². The lowest BCUT2D eigenvalue weighted by Gasteiger charge is -2.12. The minimum absolute atomic E-state index is 0.0224. The van der Waals surface area contributed by atoms with Gasteiger partial charge in [0.15, 0.2) is 17.5 Å². The molecule has 0 atom stereocenters. The molecule has 152 valence electrons. The summed E-state index contributed by atoms with van der Waals surface area (Å²) in [5, 5.41) is 5.21. The Morgan fingerprint density at radius 3 is 2.70 bits per heavy atom. The monoisotopic (exact) mass is 422 g/mol. The Morgan fingerprint density at radius 2 is 2.00 bits per heavy atom. The zero-order chi connectivity index (χ0) is 21.1. The van der Waals surface area contributed by atoms with E-state index in [2.05, 4.69) is 10.3 Å². The average Bonchev–Trinajstić information content (AvgIpc) is 3.25. The third-order valence-corrected chi connectivity index (χ3v) is 5.07. The van der Waals surface area contributed by atoms with Crippen LogP contribution in [-0.4, -0.2) is 24.6 Å². The fourth-order valence-electron chi connectivity index (χ4n) is 2.93. The lowest BCUT2D eigenvalue weighted by molar-refractivity contribution is -0.118. The highest BCUT2D eigenvalue weighted by molar-refractivity contribution is 7.13. The molecule has 0 aliphatic heterocycles. The molecule has 4 aromatic rings. The number of benzene rings is 2. The number of aryl methyl sites for hydroxylation is 1. The van der Waals surface area contributed by atoms with Crippen LogP contribution in [0.2, 0.25) is 0 Å². The Balaban J connectivity index is 1.73. The van der Waals surface area contributed by atoms with Gasteiger partial charge in [0.05, 0.1) is 12.5 Å². The van der Waals surface area contributed by atoms with Gasteiger partial charge in [-0.2, -0.15) is 0 Å². The van der Waals surface area contributed by atoms with Crippen molar-refractivity contribution in [3.8, 4) is 22.8 Å². The Kier molecular flexibility index (Phi) is 5.49. The number of methoxy groups -OCH3 is 1. The van der Waals surface area contributed by atoms with Gasteiger partial charge in [-0.15, -0.1) is 11.3 Å². The van der Waals surface area contributed by atoms with Crippen LogP contribution in [-0.2, 0) is 4.79 Å². The summed E-state index contributed by atoms with van der Waals surface area (Å²) in [5.74, 6) is 0.477. The molecule has 0 radical (unpaired) electrons.